The molecule has 0 radical (unpaired) electrons. The van der Waals surface area contributed by atoms with Crippen LogP contribution in [-0.2, 0) is 18.4 Å². The number of aliphatic hydroxyl groups excluding tert-OH is 1. The van der Waals surface area contributed by atoms with E-state index in [2.05, 4.69) is 26.8 Å². The van der Waals surface area contributed by atoms with Crippen LogP contribution in [0.4, 0.5) is 0 Å². The van der Waals surface area contributed by atoms with Crippen molar-refractivity contribution in [3.8, 4) is 5.75 Å². The highest BCUT2D eigenvalue weighted by molar-refractivity contribution is 7.11. The topological polar surface area (TPSA) is 42.4 Å². The molecule has 1 aromatic heterocycles. The van der Waals surface area contributed by atoms with Gasteiger partial charge in [-0.2, -0.15) is 0 Å². The zero-order valence-corrected chi connectivity index (χ0v) is 13.3. The molecule has 0 fully saturated rings. The first-order valence-corrected chi connectivity index (χ1v) is 7.49. The minimum absolute atomic E-state index is 0.0480. The van der Waals surface area contributed by atoms with Gasteiger partial charge in [0.15, 0.2) is 0 Å². The fourth-order valence-electron chi connectivity index (χ4n) is 2.18. The number of methoxy groups -OCH3 is 1. The van der Waals surface area contributed by atoms with Crippen LogP contribution >= 0.6 is 11.3 Å². The lowest BCUT2D eigenvalue weighted by Crippen LogP contribution is -2.14. The van der Waals surface area contributed by atoms with Gasteiger partial charge < -0.3 is 9.84 Å². The van der Waals surface area contributed by atoms with Gasteiger partial charge in [0.2, 0.25) is 0 Å². The van der Waals surface area contributed by atoms with Gasteiger partial charge in [-0.3, -0.25) is 0 Å². The Morgan fingerprint density at radius 3 is 2.50 bits per heavy atom. The molecular weight excluding hydrogens is 270 g/mol. The van der Waals surface area contributed by atoms with Gasteiger partial charge in [0.05, 0.1) is 29.3 Å². The van der Waals surface area contributed by atoms with Crippen LogP contribution in [-0.4, -0.2) is 17.2 Å². The zero-order chi connectivity index (χ0) is 14.8. The standard InChI is InChI=1S/C16H21NO2S/c1-16(2,3)15-13(10-18)20-14(17-15)9-11-7-5-6-8-12(11)19-4/h5-8,18H,9-10H2,1-4H3. The number of benzene rings is 1. The monoisotopic (exact) mass is 291 g/mol. The number of nitrogens with zero attached hydrogens (tertiary/aromatic N) is 1. The van der Waals surface area contributed by atoms with Crippen LogP contribution in [0.15, 0.2) is 24.3 Å². The molecule has 2 aromatic rings. The second kappa shape index (κ2) is 5.94. The van der Waals surface area contributed by atoms with E-state index in [0.29, 0.717) is 0 Å². The van der Waals surface area contributed by atoms with Crippen molar-refractivity contribution in [3.05, 3.63) is 45.4 Å². The second-order valence-electron chi connectivity index (χ2n) is 5.78. The summed E-state index contributed by atoms with van der Waals surface area (Å²) in [7, 11) is 1.68. The molecule has 108 valence electrons. The van der Waals surface area contributed by atoms with Gasteiger partial charge >= 0.3 is 0 Å². The Labute approximate surface area is 124 Å². The Morgan fingerprint density at radius 1 is 1.25 bits per heavy atom. The van der Waals surface area contributed by atoms with Gasteiger partial charge in [-0.25, -0.2) is 4.98 Å². The molecule has 0 spiro atoms. The molecule has 0 atom stereocenters. The van der Waals surface area contributed by atoms with E-state index in [-0.39, 0.29) is 12.0 Å². The number of para-hydroxylation sites is 1. The molecule has 3 nitrogen and oxygen atoms in total. The Balaban J connectivity index is 2.33. The molecule has 0 bridgehead atoms. The van der Waals surface area contributed by atoms with Crippen LogP contribution in [0, 0.1) is 0 Å². The Kier molecular flexibility index (Phi) is 4.45. The molecule has 0 saturated carbocycles. The summed E-state index contributed by atoms with van der Waals surface area (Å²) in [5.74, 6) is 0.880. The van der Waals surface area contributed by atoms with Crippen LogP contribution in [0.3, 0.4) is 0 Å². The van der Waals surface area contributed by atoms with E-state index in [1.807, 2.05) is 18.2 Å². The number of ether oxygens (including phenoxy) is 1. The first-order valence-electron chi connectivity index (χ1n) is 6.67. The molecule has 0 aliphatic heterocycles. The largest absolute Gasteiger partial charge is 0.496 e. The van der Waals surface area contributed by atoms with E-state index >= 15 is 0 Å². The third-order valence-corrected chi connectivity index (χ3v) is 4.17. The van der Waals surface area contributed by atoms with Crippen molar-refractivity contribution in [2.75, 3.05) is 7.11 Å². The zero-order valence-electron chi connectivity index (χ0n) is 12.4. The maximum absolute atomic E-state index is 9.51. The van der Waals surface area contributed by atoms with E-state index in [1.165, 1.54) is 0 Å². The van der Waals surface area contributed by atoms with Crippen molar-refractivity contribution in [1.82, 2.24) is 4.98 Å². The van der Waals surface area contributed by atoms with Gasteiger partial charge in [0.25, 0.3) is 0 Å². The average molecular weight is 291 g/mol. The molecule has 4 heteroatoms. The van der Waals surface area contributed by atoms with E-state index in [9.17, 15) is 5.11 Å². The molecule has 0 aliphatic carbocycles. The van der Waals surface area contributed by atoms with Crippen molar-refractivity contribution in [2.24, 2.45) is 0 Å². The molecule has 1 N–H and O–H groups in total. The minimum Gasteiger partial charge on any atom is -0.496 e. The number of hydrogen-bond donors (Lipinski definition) is 1. The molecular formula is C16H21NO2S. The SMILES string of the molecule is COc1ccccc1Cc1nc(C(C)(C)C)c(CO)s1. The summed E-state index contributed by atoms with van der Waals surface area (Å²) >= 11 is 1.58. The van der Waals surface area contributed by atoms with Crippen LogP contribution in [0.2, 0.25) is 0 Å². The number of thiazole rings is 1. The van der Waals surface area contributed by atoms with Crippen molar-refractivity contribution < 1.29 is 9.84 Å². The molecule has 0 unspecified atom stereocenters. The lowest BCUT2D eigenvalue weighted by Gasteiger charge is -2.16. The van der Waals surface area contributed by atoms with Crippen molar-refractivity contribution in [1.29, 1.82) is 0 Å². The average Bonchev–Trinajstić information content (AvgIpc) is 2.82. The van der Waals surface area contributed by atoms with E-state index < -0.39 is 0 Å². The molecule has 0 saturated heterocycles. The smallest absolute Gasteiger partial charge is 0.122 e. The summed E-state index contributed by atoms with van der Waals surface area (Å²) in [5, 5.41) is 10.5. The van der Waals surface area contributed by atoms with E-state index in [1.54, 1.807) is 18.4 Å². The number of hydrogen-bond acceptors (Lipinski definition) is 4. The highest BCUT2D eigenvalue weighted by Crippen LogP contribution is 2.31. The van der Waals surface area contributed by atoms with Crippen LogP contribution in [0.25, 0.3) is 0 Å². The van der Waals surface area contributed by atoms with Crippen LogP contribution < -0.4 is 4.74 Å². The van der Waals surface area contributed by atoms with Gasteiger partial charge in [-0.05, 0) is 6.07 Å². The lowest BCUT2D eigenvalue weighted by molar-refractivity contribution is 0.282. The maximum atomic E-state index is 9.51. The van der Waals surface area contributed by atoms with Gasteiger partial charge in [0.1, 0.15) is 5.75 Å². The first-order chi connectivity index (χ1) is 9.45. The normalized spacial score (nSPS) is 11.7. The lowest BCUT2D eigenvalue weighted by atomic mass is 9.91. The van der Waals surface area contributed by atoms with Crippen molar-refractivity contribution in [3.63, 3.8) is 0 Å². The quantitative estimate of drug-likeness (QED) is 0.937. The summed E-state index contributed by atoms with van der Waals surface area (Å²) < 4.78 is 5.38. The van der Waals surface area contributed by atoms with Crippen molar-refractivity contribution >= 4 is 11.3 Å². The molecule has 0 amide bonds. The fraction of sp³-hybridized carbons (Fsp3) is 0.438. The maximum Gasteiger partial charge on any atom is 0.122 e. The summed E-state index contributed by atoms with van der Waals surface area (Å²) in [5.41, 5.74) is 2.07. The molecule has 20 heavy (non-hydrogen) atoms. The summed E-state index contributed by atoms with van der Waals surface area (Å²) in [6, 6.07) is 7.98. The molecule has 0 aliphatic rings. The van der Waals surface area contributed by atoms with Crippen LogP contribution in [0.5, 0.6) is 5.75 Å². The number of rotatable bonds is 4. The van der Waals surface area contributed by atoms with Gasteiger partial charge in [-0.15, -0.1) is 11.3 Å². The first kappa shape index (κ1) is 15.0. The highest BCUT2D eigenvalue weighted by Gasteiger charge is 2.23. The fourth-order valence-corrected chi connectivity index (χ4v) is 3.34. The summed E-state index contributed by atoms with van der Waals surface area (Å²) in [6.45, 7) is 6.41. The van der Waals surface area contributed by atoms with Gasteiger partial charge in [0, 0.05) is 17.4 Å². The predicted molar refractivity (Wildman–Crippen MR) is 82.5 cm³/mol. The molecule has 1 heterocycles. The van der Waals surface area contributed by atoms with Crippen LogP contribution in [0.1, 0.15) is 41.9 Å². The third kappa shape index (κ3) is 3.19. The summed E-state index contributed by atoms with van der Waals surface area (Å²) in [6.07, 6.45) is 0.734. The van der Waals surface area contributed by atoms with E-state index in [4.69, 9.17) is 9.72 Å². The minimum atomic E-state index is -0.0480. The molecule has 2 rings (SSSR count). The Morgan fingerprint density at radius 2 is 1.95 bits per heavy atom. The highest BCUT2D eigenvalue weighted by atomic mass is 32.1. The second-order valence-corrected chi connectivity index (χ2v) is 6.94. The Hall–Kier alpha value is -1.39. The predicted octanol–water partition coefficient (Wildman–Crippen LogP) is 3.53. The van der Waals surface area contributed by atoms with Crippen molar-refractivity contribution in [2.45, 2.75) is 39.2 Å². The number of aromatic nitrogens is 1. The van der Waals surface area contributed by atoms with Gasteiger partial charge in [-0.1, -0.05) is 39.0 Å². The van der Waals surface area contributed by atoms with E-state index in [0.717, 1.165) is 33.3 Å². The number of aliphatic hydroxyl groups is 1. The third-order valence-electron chi connectivity index (χ3n) is 3.13. The summed E-state index contributed by atoms with van der Waals surface area (Å²) in [4.78, 5) is 5.69. The molecule has 1 aromatic carbocycles. The Bertz CT molecular complexity index is 584.